The van der Waals surface area contributed by atoms with Gasteiger partial charge in [0.2, 0.25) is 15.1 Å². The number of hydrogen-bond acceptors (Lipinski definition) is 5. The van der Waals surface area contributed by atoms with Gasteiger partial charge in [-0.3, -0.25) is 9.59 Å². The van der Waals surface area contributed by atoms with E-state index >= 15 is 0 Å². The summed E-state index contributed by atoms with van der Waals surface area (Å²) in [5.74, 6) is 0.212. The van der Waals surface area contributed by atoms with Crippen molar-refractivity contribution in [1.29, 1.82) is 0 Å². The molecule has 24 heavy (non-hydrogen) atoms. The minimum absolute atomic E-state index is 0.0640. The maximum atomic E-state index is 12.7. The lowest BCUT2D eigenvalue weighted by atomic mass is 10.2. The number of rotatable bonds is 4. The largest absolute Gasteiger partial charge is 0.341 e. The van der Waals surface area contributed by atoms with Crippen molar-refractivity contribution >= 4 is 44.4 Å². The van der Waals surface area contributed by atoms with Crippen molar-refractivity contribution in [2.75, 3.05) is 18.8 Å². The molecule has 0 saturated carbocycles. The average Bonchev–Trinajstić information content (AvgIpc) is 3.20. The van der Waals surface area contributed by atoms with Crippen LogP contribution in [0.25, 0.3) is 0 Å². The van der Waals surface area contributed by atoms with Gasteiger partial charge >= 0.3 is 0 Å². The highest BCUT2D eigenvalue weighted by Crippen LogP contribution is 2.28. The molecule has 0 spiro atoms. The lowest BCUT2D eigenvalue weighted by molar-refractivity contribution is -0.112. The second-order valence-electron chi connectivity index (χ2n) is 5.74. The van der Waals surface area contributed by atoms with Crippen molar-refractivity contribution in [1.82, 2.24) is 9.62 Å². The Kier molecular flexibility index (Phi) is 5.19. The smallest absolute Gasteiger partial charge is 0.251 e. The summed E-state index contributed by atoms with van der Waals surface area (Å²) >= 11 is 7.25. The molecule has 0 radical (unpaired) electrons. The summed E-state index contributed by atoms with van der Waals surface area (Å²) in [6, 6.07) is 3.65. The normalized spacial score (nSPS) is 22.0. The zero-order valence-corrected chi connectivity index (χ0v) is 15.2. The Morgan fingerprint density at radius 1 is 1.29 bits per heavy atom. The number of nitrogens with zero attached hydrogens (tertiary/aromatic N) is 1. The molecule has 1 aromatic rings. The summed E-state index contributed by atoms with van der Waals surface area (Å²) in [6.07, 6.45) is 2.22. The van der Waals surface area contributed by atoms with Crippen LogP contribution in [0.15, 0.2) is 23.1 Å². The Balaban J connectivity index is 1.85. The first-order chi connectivity index (χ1) is 11.4. The molecule has 6 nitrogen and oxygen atoms in total. The van der Waals surface area contributed by atoms with E-state index in [4.69, 9.17) is 11.6 Å². The summed E-state index contributed by atoms with van der Waals surface area (Å²) in [5.41, 5.74) is 0.182. The fourth-order valence-electron chi connectivity index (χ4n) is 2.78. The van der Waals surface area contributed by atoms with Gasteiger partial charge in [-0.25, -0.2) is 8.42 Å². The van der Waals surface area contributed by atoms with Gasteiger partial charge in [-0.2, -0.15) is 4.31 Å². The molecule has 3 rings (SSSR count). The fourth-order valence-corrected chi connectivity index (χ4v) is 5.73. The van der Waals surface area contributed by atoms with E-state index in [0.29, 0.717) is 25.3 Å². The molecule has 0 unspecified atom stereocenters. The Labute approximate surface area is 150 Å². The first-order valence-electron chi connectivity index (χ1n) is 7.67. The number of thioether (sulfide) groups is 1. The number of carbonyl (C=O) groups is 2. The number of hydrogen-bond donors (Lipinski definition) is 1. The van der Waals surface area contributed by atoms with Crippen LogP contribution in [-0.2, 0) is 14.8 Å². The van der Waals surface area contributed by atoms with E-state index < -0.39 is 22.0 Å². The van der Waals surface area contributed by atoms with Crippen molar-refractivity contribution in [3.05, 3.63) is 28.8 Å². The van der Waals surface area contributed by atoms with E-state index in [9.17, 15) is 18.0 Å². The molecule has 0 bridgehead atoms. The van der Waals surface area contributed by atoms with Gasteiger partial charge in [-0.1, -0.05) is 23.4 Å². The number of benzene rings is 1. The van der Waals surface area contributed by atoms with Crippen LogP contribution in [0.1, 0.15) is 29.6 Å². The van der Waals surface area contributed by atoms with Gasteiger partial charge in [0.15, 0.2) is 0 Å². The van der Waals surface area contributed by atoms with E-state index in [-0.39, 0.29) is 20.6 Å². The lowest BCUT2D eigenvalue weighted by Crippen LogP contribution is -2.37. The van der Waals surface area contributed by atoms with Gasteiger partial charge in [0.25, 0.3) is 5.91 Å². The molecule has 1 N–H and O–H groups in total. The summed E-state index contributed by atoms with van der Waals surface area (Å²) in [5, 5.41) is 2.67. The molecule has 0 aliphatic carbocycles. The topological polar surface area (TPSA) is 83.5 Å². The van der Waals surface area contributed by atoms with Crippen LogP contribution in [0.5, 0.6) is 0 Å². The van der Waals surface area contributed by atoms with Gasteiger partial charge < -0.3 is 5.32 Å². The minimum atomic E-state index is -3.71. The molecule has 1 aromatic carbocycles. The third kappa shape index (κ3) is 3.46. The highest BCUT2D eigenvalue weighted by atomic mass is 35.5. The standard InChI is InChI=1S/C15H17ClN2O4S2/c16-11-4-3-10(14(19)17-12-5-8-23-15(12)20)9-13(11)24(21,22)18-6-1-2-7-18/h3-4,9,12H,1-2,5-8H2,(H,17,19)/t12-/m1/s1. The molecule has 1 atom stereocenters. The zero-order chi connectivity index (χ0) is 17.3. The molecule has 2 fully saturated rings. The van der Waals surface area contributed by atoms with Crippen molar-refractivity contribution in [3.8, 4) is 0 Å². The SMILES string of the molecule is O=C(N[C@@H]1CCSC1=O)c1ccc(Cl)c(S(=O)(=O)N2CCCC2)c1. The van der Waals surface area contributed by atoms with Crippen molar-refractivity contribution < 1.29 is 18.0 Å². The minimum Gasteiger partial charge on any atom is -0.341 e. The monoisotopic (exact) mass is 388 g/mol. The van der Waals surface area contributed by atoms with Gasteiger partial charge in [0.1, 0.15) is 4.90 Å². The van der Waals surface area contributed by atoms with Crippen LogP contribution in [0.4, 0.5) is 0 Å². The van der Waals surface area contributed by atoms with Crippen LogP contribution in [0.3, 0.4) is 0 Å². The first kappa shape index (κ1) is 17.7. The van der Waals surface area contributed by atoms with Gasteiger partial charge in [-0.05, 0) is 37.5 Å². The summed E-state index contributed by atoms with van der Waals surface area (Å²) in [7, 11) is -3.71. The van der Waals surface area contributed by atoms with Crippen molar-refractivity contribution in [2.45, 2.75) is 30.2 Å². The highest BCUT2D eigenvalue weighted by Gasteiger charge is 2.31. The Bertz CT molecular complexity index is 776. The molecular weight excluding hydrogens is 372 g/mol. The molecule has 2 heterocycles. The van der Waals surface area contributed by atoms with Crippen LogP contribution < -0.4 is 5.32 Å². The van der Waals surface area contributed by atoms with Crippen LogP contribution in [0, 0.1) is 0 Å². The van der Waals surface area contributed by atoms with Crippen LogP contribution in [0.2, 0.25) is 5.02 Å². The van der Waals surface area contributed by atoms with Crippen LogP contribution in [-0.4, -0.2) is 48.6 Å². The van der Waals surface area contributed by atoms with E-state index in [2.05, 4.69) is 5.32 Å². The zero-order valence-electron chi connectivity index (χ0n) is 12.8. The summed E-state index contributed by atoms with van der Waals surface area (Å²) in [4.78, 5) is 23.9. The summed E-state index contributed by atoms with van der Waals surface area (Å²) < 4.78 is 26.7. The van der Waals surface area contributed by atoms with Crippen molar-refractivity contribution in [3.63, 3.8) is 0 Å². The number of amides is 1. The summed E-state index contributed by atoms with van der Waals surface area (Å²) in [6.45, 7) is 0.922. The van der Waals surface area contributed by atoms with Gasteiger partial charge in [0.05, 0.1) is 11.1 Å². The third-order valence-corrected chi connectivity index (χ3v) is 7.51. The first-order valence-corrected chi connectivity index (χ1v) is 10.5. The van der Waals surface area contributed by atoms with Crippen molar-refractivity contribution in [2.24, 2.45) is 0 Å². The molecule has 130 valence electrons. The molecule has 2 aliphatic heterocycles. The van der Waals surface area contributed by atoms with Gasteiger partial charge in [-0.15, -0.1) is 0 Å². The molecule has 0 aromatic heterocycles. The maximum absolute atomic E-state index is 12.7. The number of halogens is 1. The number of sulfonamides is 1. The van der Waals surface area contributed by atoms with Crippen LogP contribution >= 0.6 is 23.4 Å². The average molecular weight is 389 g/mol. The molecular formula is C15H17ClN2O4S2. The molecule has 9 heteroatoms. The molecule has 2 aliphatic rings. The van der Waals surface area contributed by atoms with E-state index in [1.807, 2.05) is 0 Å². The Hall–Kier alpha value is -1.09. The Morgan fingerprint density at radius 2 is 2.00 bits per heavy atom. The second-order valence-corrected chi connectivity index (χ2v) is 9.15. The highest BCUT2D eigenvalue weighted by molar-refractivity contribution is 8.14. The number of nitrogens with one attached hydrogen (secondary N) is 1. The predicted molar refractivity (Wildman–Crippen MR) is 92.8 cm³/mol. The van der Waals surface area contributed by atoms with Gasteiger partial charge in [0, 0.05) is 24.4 Å². The predicted octanol–water partition coefficient (Wildman–Crippen LogP) is 1.89. The Morgan fingerprint density at radius 3 is 2.62 bits per heavy atom. The van der Waals surface area contributed by atoms with E-state index in [0.717, 1.165) is 12.8 Å². The molecule has 2 saturated heterocycles. The molecule has 1 amide bonds. The lowest BCUT2D eigenvalue weighted by Gasteiger charge is -2.17. The second kappa shape index (κ2) is 7.03. The van der Waals surface area contributed by atoms with E-state index in [1.165, 1.54) is 34.3 Å². The maximum Gasteiger partial charge on any atom is 0.251 e. The third-order valence-electron chi connectivity index (χ3n) is 4.12. The number of carbonyl (C=O) groups excluding carboxylic acids is 2. The van der Waals surface area contributed by atoms with E-state index in [1.54, 1.807) is 0 Å². The quantitative estimate of drug-likeness (QED) is 0.851. The fraction of sp³-hybridized carbons (Fsp3) is 0.467.